The first-order chi connectivity index (χ1) is 6.20. The topological polar surface area (TPSA) is 31.1 Å². The fraction of sp³-hybridized carbons (Fsp3) is 0.600. The minimum atomic E-state index is 0.567. The van der Waals surface area contributed by atoms with Crippen molar-refractivity contribution >= 4 is 5.82 Å². The molecule has 1 aromatic rings. The predicted octanol–water partition coefficient (Wildman–Crippen LogP) is 1.45. The Morgan fingerprint density at radius 1 is 1.54 bits per heavy atom. The number of nitrogens with one attached hydrogen (secondary N) is 2. The van der Waals surface area contributed by atoms with Crippen LogP contribution >= 0.6 is 0 Å². The number of aromatic amines is 1. The Morgan fingerprint density at radius 3 is 2.85 bits per heavy atom. The van der Waals surface area contributed by atoms with Crippen LogP contribution in [0.2, 0.25) is 0 Å². The largest absolute Gasteiger partial charge is 0.360 e. The summed E-state index contributed by atoms with van der Waals surface area (Å²) in [6.07, 6.45) is 1.95. The van der Waals surface area contributed by atoms with E-state index in [1.54, 1.807) is 0 Å². The van der Waals surface area contributed by atoms with Gasteiger partial charge in [-0.15, -0.1) is 0 Å². The van der Waals surface area contributed by atoms with Gasteiger partial charge in [0.2, 0.25) is 0 Å². The second kappa shape index (κ2) is 4.92. The number of likely N-dealkylation sites (N-methyl/N-ethyl adjacent to an activating group) is 1. The SMILES string of the molecule is CC(C)NCCN(C)c1ccc[nH]1. The number of H-pyrrole nitrogens is 1. The molecule has 0 spiro atoms. The lowest BCUT2D eigenvalue weighted by molar-refractivity contribution is 0.588. The average Bonchev–Trinajstić information content (AvgIpc) is 2.55. The summed E-state index contributed by atoms with van der Waals surface area (Å²) in [5.41, 5.74) is 0. The number of nitrogens with zero attached hydrogens (tertiary/aromatic N) is 1. The Bertz CT molecular complexity index is 216. The lowest BCUT2D eigenvalue weighted by atomic mass is 10.4. The lowest BCUT2D eigenvalue weighted by Crippen LogP contribution is -2.32. The number of anilines is 1. The van der Waals surface area contributed by atoms with E-state index in [-0.39, 0.29) is 0 Å². The summed E-state index contributed by atoms with van der Waals surface area (Å²) >= 11 is 0. The number of hydrogen-bond donors (Lipinski definition) is 2. The minimum Gasteiger partial charge on any atom is -0.360 e. The maximum Gasteiger partial charge on any atom is 0.105 e. The van der Waals surface area contributed by atoms with Gasteiger partial charge >= 0.3 is 0 Å². The average molecular weight is 181 g/mol. The summed E-state index contributed by atoms with van der Waals surface area (Å²) < 4.78 is 0. The van der Waals surface area contributed by atoms with Crippen LogP contribution in [0.25, 0.3) is 0 Å². The molecule has 0 aliphatic heterocycles. The third-order valence-corrected chi connectivity index (χ3v) is 1.99. The Labute approximate surface area is 80.1 Å². The minimum absolute atomic E-state index is 0.567. The maximum absolute atomic E-state index is 3.38. The van der Waals surface area contributed by atoms with Gasteiger partial charge in [-0.25, -0.2) is 0 Å². The molecule has 0 aromatic carbocycles. The fourth-order valence-electron chi connectivity index (χ4n) is 1.20. The van der Waals surface area contributed by atoms with E-state index in [9.17, 15) is 0 Å². The molecule has 2 N–H and O–H groups in total. The van der Waals surface area contributed by atoms with Gasteiger partial charge in [-0.2, -0.15) is 0 Å². The number of rotatable bonds is 5. The molecule has 0 fully saturated rings. The third kappa shape index (κ3) is 3.51. The highest BCUT2D eigenvalue weighted by molar-refractivity contribution is 5.37. The number of hydrogen-bond acceptors (Lipinski definition) is 2. The van der Waals surface area contributed by atoms with E-state index in [0.717, 1.165) is 13.1 Å². The van der Waals surface area contributed by atoms with E-state index in [2.05, 4.69) is 42.2 Å². The normalized spacial score (nSPS) is 10.8. The first kappa shape index (κ1) is 10.1. The fourth-order valence-corrected chi connectivity index (χ4v) is 1.20. The second-order valence-corrected chi connectivity index (χ2v) is 3.59. The van der Waals surface area contributed by atoms with Crippen molar-refractivity contribution in [3.8, 4) is 0 Å². The van der Waals surface area contributed by atoms with Crippen molar-refractivity contribution < 1.29 is 0 Å². The van der Waals surface area contributed by atoms with Crippen LogP contribution in [0.15, 0.2) is 18.3 Å². The van der Waals surface area contributed by atoms with Crippen LogP contribution in [-0.4, -0.2) is 31.2 Å². The zero-order valence-corrected chi connectivity index (χ0v) is 8.67. The van der Waals surface area contributed by atoms with Gasteiger partial charge in [-0.05, 0) is 12.1 Å². The molecule has 1 rings (SSSR count). The molecule has 3 nitrogen and oxygen atoms in total. The summed E-state index contributed by atoms with van der Waals surface area (Å²) in [4.78, 5) is 5.38. The highest BCUT2D eigenvalue weighted by Gasteiger charge is 1.99. The Kier molecular flexibility index (Phi) is 3.83. The van der Waals surface area contributed by atoms with Crippen molar-refractivity contribution in [3.05, 3.63) is 18.3 Å². The Morgan fingerprint density at radius 2 is 2.31 bits per heavy atom. The van der Waals surface area contributed by atoms with E-state index < -0.39 is 0 Å². The highest BCUT2D eigenvalue weighted by atomic mass is 15.2. The molecular weight excluding hydrogens is 162 g/mol. The Hall–Kier alpha value is -0.960. The summed E-state index contributed by atoms with van der Waals surface area (Å²) in [7, 11) is 2.09. The zero-order valence-electron chi connectivity index (χ0n) is 8.67. The Balaban J connectivity index is 2.22. The van der Waals surface area contributed by atoms with Gasteiger partial charge in [0.15, 0.2) is 0 Å². The van der Waals surface area contributed by atoms with Gasteiger partial charge in [0.25, 0.3) is 0 Å². The van der Waals surface area contributed by atoms with E-state index in [1.165, 1.54) is 5.82 Å². The first-order valence-electron chi connectivity index (χ1n) is 4.78. The zero-order chi connectivity index (χ0) is 9.68. The van der Waals surface area contributed by atoms with E-state index in [4.69, 9.17) is 0 Å². The van der Waals surface area contributed by atoms with Crippen LogP contribution < -0.4 is 10.2 Å². The van der Waals surface area contributed by atoms with Crippen LogP contribution in [0.5, 0.6) is 0 Å². The van der Waals surface area contributed by atoms with Crippen molar-refractivity contribution in [2.45, 2.75) is 19.9 Å². The van der Waals surface area contributed by atoms with Crippen molar-refractivity contribution in [3.63, 3.8) is 0 Å². The van der Waals surface area contributed by atoms with Gasteiger partial charge < -0.3 is 15.2 Å². The van der Waals surface area contributed by atoms with Crippen LogP contribution in [-0.2, 0) is 0 Å². The molecule has 0 radical (unpaired) electrons. The summed E-state index contributed by atoms with van der Waals surface area (Å²) in [5, 5.41) is 3.38. The summed E-state index contributed by atoms with van der Waals surface area (Å²) in [6.45, 7) is 6.37. The molecule has 0 saturated carbocycles. The summed E-state index contributed by atoms with van der Waals surface area (Å²) in [5.74, 6) is 1.17. The smallest absolute Gasteiger partial charge is 0.105 e. The molecule has 0 atom stereocenters. The van der Waals surface area contributed by atoms with Gasteiger partial charge in [-0.3, -0.25) is 0 Å². The molecule has 3 heteroatoms. The summed E-state index contributed by atoms with van der Waals surface area (Å²) in [6, 6.07) is 4.66. The molecule has 0 unspecified atom stereocenters. The predicted molar refractivity (Wildman–Crippen MR) is 57.2 cm³/mol. The molecule has 1 heterocycles. The number of aromatic nitrogens is 1. The molecule has 74 valence electrons. The maximum atomic E-state index is 3.38. The molecule has 0 aliphatic rings. The van der Waals surface area contributed by atoms with E-state index in [1.807, 2.05) is 12.3 Å². The quantitative estimate of drug-likeness (QED) is 0.720. The van der Waals surface area contributed by atoms with Crippen LogP contribution in [0.4, 0.5) is 5.82 Å². The van der Waals surface area contributed by atoms with Crippen LogP contribution in [0, 0.1) is 0 Å². The monoisotopic (exact) mass is 181 g/mol. The van der Waals surface area contributed by atoms with Gasteiger partial charge in [0, 0.05) is 32.4 Å². The third-order valence-electron chi connectivity index (χ3n) is 1.99. The second-order valence-electron chi connectivity index (χ2n) is 3.59. The van der Waals surface area contributed by atoms with Crippen molar-refractivity contribution in [2.24, 2.45) is 0 Å². The molecule has 0 amide bonds. The molecule has 1 aromatic heterocycles. The molecule has 0 aliphatic carbocycles. The molecule has 13 heavy (non-hydrogen) atoms. The van der Waals surface area contributed by atoms with Crippen LogP contribution in [0.3, 0.4) is 0 Å². The van der Waals surface area contributed by atoms with Crippen molar-refractivity contribution in [1.29, 1.82) is 0 Å². The standard InChI is InChI=1S/C10H19N3/c1-9(2)11-7-8-13(3)10-5-4-6-12-10/h4-6,9,11-12H,7-8H2,1-3H3. The molecule has 0 saturated heterocycles. The van der Waals surface area contributed by atoms with E-state index >= 15 is 0 Å². The highest BCUT2D eigenvalue weighted by Crippen LogP contribution is 2.05. The first-order valence-corrected chi connectivity index (χ1v) is 4.78. The van der Waals surface area contributed by atoms with Crippen molar-refractivity contribution in [1.82, 2.24) is 10.3 Å². The van der Waals surface area contributed by atoms with Crippen LogP contribution in [0.1, 0.15) is 13.8 Å². The lowest BCUT2D eigenvalue weighted by Gasteiger charge is -2.18. The molecule has 0 bridgehead atoms. The van der Waals surface area contributed by atoms with E-state index in [0.29, 0.717) is 6.04 Å². The van der Waals surface area contributed by atoms with Gasteiger partial charge in [0.05, 0.1) is 0 Å². The molecular formula is C10H19N3. The van der Waals surface area contributed by atoms with Gasteiger partial charge in [0.1, 0.15) is 5.82 Å². The van der Waals surface area contributed by atoms with Crippen molar-refractivity contribution in [2.75, 3.05) is 25.0 Å². The van der Waals surface area contributed by atoms with Gasteiger partial charge in [-0.1, -0.05) is 13.8 Å².